The number of benzene rings is 10. The topological polar surface area (TPSA) is 378 Å². The van der Waals surface area contributed by atoms with Crippen LogP contribution in [0.3, 0.4) is 0 Å². The van der Waals surface area contributed by atoms with E-state index in [4.69, 9.17) is 41.4 Å². The number of anilines is 6. The molecule has 10 aromatic rings. The number of nitriles is 6. The molecular weight excluding hydrogens is 1870 g/mol. The van der Waals surface area contributed by atoms with Crippen LogP contribution in [0, 0.1) is 141 Å². The van der Waals surface area contributed by atoms with Gasteiger partial charge in [-0.3, -0.25) is 4.79 Å². The van der Waals surface area contributed by atoms with Crippen LogP contribution in [0.5, 0.6) is 0 Å². The number of carbonyl (C=O) groups excluding carboxylic acids is 3. The fourth-order valence-corrected chi connectivity index (χ4v) is 18.9. The number of carboxylic acid groups (broad SMARTS) is 2. The Hall–Kier alpha value is -14.0. The van der Waals surface area contributed by atoms with Crippen LogP contribution in [0.25, 0.3) is 0 Å². The number of piperazine rings is 2. The summed E-state index contributed by atoms with van der Waals surface area (Å²) >= 11 is 3.37. The number of alkyl halides is 3. The minimum Gasteiger partial charge on any atom is -0.870 e. The number of para-hydroxylation sites is 2. The summed E-state index contributed by atoms with van der Waals surface area (Å²) in [5, 5.41) is 74.4. The fraction of sp³-hybridized carbons (Fsp3) is 0.372. The second kappa shape index (κ2) is 56.0. The molecule has 143 heavy (non-hydrogen) atoms. The van der Waals surface area contributed by atoms with Gasteiger partial charge in [-0.2, -0.15) is 44.7 Å². The van der Waals surface area contributed by atoms with Gasteiger partial charge in [-0.1, -0.05) is 88.7 Å². The Morgan fingerprint density at radius 3 is 1.01 bits per heavy atom. The number of ether oxygens (including phenoxy) is 2. The third-order valence-electron chi connectivity index (χ3n) is 26.8. The quantitative estimate of drug-likeness (QED) is 0.0515. The Morgan fingerprint density at radius 1 is 0.385 bits per heavy atom. The van der Waals surface area contributed by atoms with Gasteiger partial charge in [0.25, 0.3) is 5.91 Å². The average Bonchev–Trinajstić information content (AvgIpc) is 0.797. The van der Waals surface area contributed by atoms with E-state index in [2.05, 4.69) is 155 Å². The second-order valence-electron chi connectivity index (χ2n) is 36.4. The van der Waals surface area contributed by atoms with E-state index in [9.17, 15) is 48.0 Å². The number of aliphatic carboxylic acids is 1. The van der Waals surface area contributed by atoms with Crippen molar-refractivity contribution in [2.75, 3.05) is 148 Å². The summed E-state index contributed by atoms with van der Waals surface area (Å²) in [7, 11) is 2.81. The third kappa shape index (κ3) is 33.1. The van der Waals surface area contributed by atoms with Gasteiger partial charge in [-0.05, 0) is 326 Å². The number of methoxy groups -OCH3 is 2. The maximum atomic E-state index is 13.6. The fourth-order valence-electron chi connectivity index (χ4n) is 18.6. The molecule has 30 heteroatoms. The van der Waals surface area contributed by atoms with Gasteiger partial charge in [0, 0.05) is 144 Å². The molecule has 0 bridgehead atoms. The molecule has 6 saturated heterocycles. The van der Waals surface area contributed by atoms with Crippen molar-refractivity contribution in [3.05, 3.63) is 315 Å². The number of aryl methyl sites for hydroxylation is 8. The summed E-state index contributed by atoms with van der Waals surface area (Å²) in [5.74, 6) is -2.31. The monoisotopic (exact) mass is 2000 g/mol. The normalized spacial score (nSPS) is 14.7. The number of esters is 2. The standard InChI is InChI=1S/C33H35N5O.C23H26N2O2.C22H24N2O2.C12H15N3.C11H13N3.C10H11BrO2.C2HF3O2.Li.H2O/c1-24-18-25(2)31(33(39)38-16-14-37(15-17-38)32-9-4-3-7-28(32)23-35)21-29(24)19-26-10-12-36(13-11-26)30-8-5-6-27(20-30)22-34;1-16-11-17(2)22(23(26)27-3)14-20(16)12-18-7-9-25(10-8-18)21-6-4-5-19(13-21)15-24;1-15-10-16(2)21(22(25)26)13-19(15)11-17-6-8-24(9-7-17)20-5-3-4-18(12-20)14-23;13-9-10-2-1-3-12(8-10)15-6-4-11(14)5-7-15;12-9-10-3-1-2-4-11(10)14-7-5-13-6-8-14;1-6-4-7(2)9(11)5-8(6)10(12)13-3;3-2(4,5)1(6)7;;/h3-9,18,20-21,26H,10-17,19H2,1-2H3;4-6,11,13-14,18H,7-10,12H2,1-3H3;3-5,10,12-13,17H,6-9,11H2,1-2H3,(H,25,26);1-3,8,11H,4-7,14H2;1-4,13H,5-8H2;4-5H,1-3H3;(H,6,7);;1H2/q;;;;;;;+1;/p-1. The van der Waals surface area contributed by atoms with Crippen LogP contribution in [0.1, 0.15) is 187 Å². The number of rotatable bonds is 16. The van der Waals surface area contributed by atoms with Crippen molar-refractivity contribution in [1.82, 2.24) is 10.2 Å². The molecule has 0 atom stereocenters. The molecule has 6 aliphatic rings. The Morgan fingerprint density at radius 2 is 0.685 bits per heavy atom. The molecule has 0 unspecified atom stereocenters. The molecular formula is C113H126BrF3LiN15O10. The summed E-state index contributed by atoms with van der Waals surface area (Å²) < 4.78 is 42.2. The third-order valence-corrected chi connectivity index (χ3v) is 27.6. The SMILES string of the molecule is COC(=O)c1cc(Br)c(C)cc1C.COC(=O)c1cc(CC2CCN(c3cccc(C#N)c3)CC2)c(C)cc1C.Cc1cc(C)c(C(=O)N2CCN(c3ccccc3C#N)CC2)cc1CC1CCN(c2cccc(C#N)c2)CC1.Cc1cc(C)c(C(=O)O)cc1CC1CCN(c2cccc(C#N)c2)CC1.N#Cc1cccc(N2CCC(N)CC2)c1.N#Cc1ccccc1N1CCNCC1.O=C(O)C(F)(F)F.[Li+].[OH-]. The molecule has 0 saturated carbocycles. The second-order valence-corrected chi connectivity index (χ2v) is 37.3. The molecule has 0 aromatic heterocycles. The zero-order valence-electron chi connectivity index (χ0n) is 83.5. The Labute approximate surface area is 859 Å². The molecule has 0 aliphatic carbocycles. The number of amides is 1. The number of carboxylic acids is 2. The minimum absolute atomic E-state index is 0. The van der Waals surface area contributed by atoms with Crippen molar-refractivity contribution in [3.8, 4) is 36.4 Å². The number of halogens is 4. The van der Waals surface area contributed by atoms with Crippen LogP contribution in [0.4, 0.5) is 47.3 Å². The number of aromatic carboxylic acids is 1. The number of nitrogens with two attached hydrogens (primary N) is 1. The summed E-state index contributed by atoms with van der Waals surface area (Å²) in [6, 6.07) is 76.4. The van der Waals surface area contributed by atoms with E-state index in [-0.39, 0.29) is 42.2 Å². The number of hydrogen-bond acceptors (Lipinski definition) is 22. The first-order chi connectivity index (χ1) is 67.7. The molecule has 0 radical (unpaired) electrons. The Kier molecular flexibility index (Phi) is 44.8. The predicted molar refractivity (Wildman–Crippen MR) is 552 cm³/mol. The van der Waals surface area contributed by atoms with E-state index >= 15 is 0 Å². The van der Waals surface area contributed by atoms with Crippen LogP contribution >= 0.6 is 15.9 Å². The maximum absolute atomic E-state index is 13.6. The van der Waals surface area contributed by atoms with Crippen molar-refractivity contribution in [3.63, 3.8) is 0 Å². The van der Waals surface area contributed by atoms with Gasteiger partial charge in [0.05, 0.1) is 99.9 Å². The number of nitrogens with zero attached hydrogens (tertiary/aromatic N) is 13. The van der Waals surface area contributed by atoms with Crippen LogP contribution in [0.15, 0.2) is 199 Å². The van der Waals surface area contributed by atoms with Crippen LogP contribution in [-0.4, -0.2) is 182 Å². The maximum Gasteiger partial charge on any atom is 1.00 e. The summed E-state index contributed by atoms with van der Waals surface area (Å²) in [6.07, 6.45) is 6.46. The Bertz CT molecular complexity index is 6290. The molecule has 742 valence electrons. The van der Waals surface area contributed by atoms with E-state index in [1.807, 2.05) is 185 Å². The molecule has 25 nitrogen and oxygen atoms in total. The number of nitrogens with one attached hydrogen (secondary N) is 1. The molecule has 16 rings (SSSR count). The van der Waals surface area contributed by atoms with Gasteiger partial charge in [-0.25, -0.2) is 19.2 Å². The molecule has 0 spiro atoms. The zero-order chi connectivity index (χ0) is 102. The van der Waals surface area contributed by atoms with Gasteiger partial charge in [-0.15, -0.1) is 0 Å². The van der Waals surface area contributed by atoms with Gasteiger partial charge < -0.3 is 70.5 Å². The van der Waals surface area contributed by atoms with E-state index in [1.54, 1.807) is 6.07 Å². The van der Waals surface area contributed by atoms with Gasteiger partial charge in [0.1, 0.15) is 12.1 Å². The molecule has 1 amide bonds. The average molecular weight is 2000 g/mol. The molecule has 10 aromatic carbocycles. The van der Waals surface area contributed by atoms with Crippen LogP contribution in [0.2, 0.25) is 0 Å². The van der Waals surface area contributed by atoms with Crippen molar-refractivity contribution in [2.45, 2.75) is 138 Å². The van der Waals surface area contributed by atoms with Gasteiger partial charge in [0.15, 0.2) is 0 Å². The van der Waals surface area contributed by atoms with Crippen molar-refractivity contribution >= 4 is 79.8 Å². The number of hydrogen-bond donors (Lipinski definition) is 4. The van der Waals surface area contributed by atoms with Crippen LogP contribution < -0.4 is 59.3 Å². The first-order valence-electron chi connectivity index (χ1n) is 47.7. The molecule has 6 heterocycles. The summed E-state index contributed by atoms with van der Waals surface area (Å²) in [4.78, 5) is 73.0. The van der Waals surface area contributed by atoms with Crippen molar-refractivity contribution < 1.29 is 81.2 Å². The van der Waals surface area contributed by atoms with E-state index in [0.717, 1.165) is 251 Å². The molecule has 6 aliphatic heterocycles. The van der Waals surface area contributed by atoms with Crippen molar-refractivity contribution in [2.24, 2.45) is 23.5 Å². The van der Waals surface area contributed by atoms with Crippen LogP contribution in [-0.2, 0) is 33.5 Å². The largest absolute Gasteiger partial charge is 1.00 e. The summed E-state index contributed by atoms with van der Waals surface area (Å²) in [5.41, 5.74) is 31.4. The minimum atomic E-state index is -5.08. The smallest absolute Gasteiger partial charge is 0.870 e. The number of piperidine rings is 4. The van der Waals surface area contributed by atoms with E-state index in [0.29, 0.717) is 75.8 Å². The van der Waals surface area contributed by atoms with E-state index in [1.165, 1.54) is 42.0 Å². The number of carbonyl (C=O) groups is 5. The van der Waals surface area contributed by atoms with Gasteiger partial charge in [0.2, 0.25) is 0 Å². The molecule has 6 N–H and O–H groups in total. The van der Waals surface area contributed by atoms with Crippen molar-refractivity contribution in [1.29, 1.82) is 31.6 Å². The van der Waals surface area contributed by atoms with Gasteiger partial charge >= 0.3 is 48.9 Å². The van der Waals surface area contributed by atoms with E-state index < -0.39 is 18.1 Å². The summed E-state index contributed by atoms with van der Waals surface area (Å²) in [6.45, 7) is 30.7. The predicted octanol–water partition coefficient (Wildman–Crippen LogP) is 17.0. The molecule has 6 fully saturated rings. The Balaban J connectivity index is 0.000000215. The first kappa shape index (κ1) is 114. The first-order valence-corrected chi connectivity index (χ1v) is 48.5. The zero-order valence-corrected chi connectivity index (χ0v) is 85.1.